The number of para-hydroxylation sites is 1. The van der Waals surface area contributed by atoms with Crippen molar-refractivity contribution in [2.24, 2.45) is 0 Å². The van der Waals surface area contributed by atoms with Crippen molar-refractivity contribution >= 4 is 28.6 Å². The minimum absolute atomic E-state index is 0.289. The summed E-state index contributed by atoms with van der Waals surface area (Å²) in [6, 6.07) is 16.6. The number of pyridine rings is 1. The maximum absolute atomic E-state index is 14.8. The molecule has 2 aromatic heterocycles. The second-order valence-corrected chi connectivity index (χ2v) is 7.93. The van der Waals surface area contributed by atoms with Crippen LogP contribution < -0.4 is 10.9 Å². The van der Waals surface area contributed by atoms with E-state index in [1.54, 1.807) is 48.5 Å². The molecule has 2 aromatic carbocycles. The van der Waals surface area contributed by atoms with E-state index in [1.807, 2.05) is 0 Å². The average molecular weight is 466 g/mol. The lowest BCUT2D eigenvalue weighted by atomic mass is 10.1. The molecule has 0 bridgehead atoms. The third-order valence-electron chi connectivity index (χ3n) is 5.58. The van der Waals surface area contributed by atoms with Crippen molar-refractivity contribution in [1.82, 2.24) is 19.4 Å². The van der Waals surface area contributed by atoms with Crippen molar-refractivity contribution in [1.29, 1.82) is 0 Å². The van der Waals surface area contributed by atoms with Gasteiger partial charge in [-0.05, 0) is 43.4 Å². The summed E-state index contributed by atoms with van der Waals surface area (Å²) in [5.41, 5.74) is 1.31. The van der Waals surface area contributed by atoms with Crippen molar-refractivity contribution in [2.45, 2.75) is 13.8 Å². The molecule has 0 aliphatic carbocycles. The average Bonchev–Trinajstić information content (AvgIpc) is 2.82. The van der Waals surface area contributed by atoms with Gasteiger partial charge in [0.15, 0.2) is 5.65 Å². The molecule has 4 aromatic rings. The van der Waals surface area contributed by atoms with E-state index in [-0.39, 0.29) is 5.56 Å². The first kappa shape index (κ1) is 22.9. The van der Waals surface area contributed by atoms with Crippen LogP contribution in [0, 0.1) is 5.82 Å². The maximum Gasteiger partial charge on any atom is 0.256 e. The molecule has 4 rings (SSSR count). The van der Waals surface area contributed by atoms with E-state index >= 15 is 0 Å². The highest BCUT2D eigenvalue weighted by Crippen LogP contribution is 2.30. The van der Waals surface area contributed by atoms with Crippen LogP contribution in [0.25, 0.3) is 28.0 Å². The van der Waals surface area contributed by atoms with Crippen LogP contribution in [0.4, 0.5) is 10.3 Å². The van der Waals surface area contributed by atoms with Crippen molar-refractivity contribution in [3.05, 3.63) is 81.9 Å². The molecule has 0 aliphatic heterocycles. The molecule has 8 heteroatoms. The van der Waals surface area contributed by atoms with Crippen LogP contribution in [-0.2, 0) is 0 Å². The van der Waals surface area contributed by atoms with Gasteiger partial charge in [0.05, 0.1) is 16.4 Å². The number of aromatic nitrogens is 3. The van der Waals surface area contributed by atoms with Crippen molar-refractivity contribution in [2.75, 3.05) is 31.5 Å². The fourth-order valence-electron chi connectivity index (χ4n) is 3.78. The first-order valence-corrected chi connectivity index (χ1v) is 11.3. The Balaban J connectivity index is 1.92. The van der Waals surface area contributed by atoms with E-state index in [0.717, 1.165) is 19.6 Å². The van der Waals surface area contributed by atoms with Gasteiger partial charge in [0.25, 0.3) is 5.56 Å². The summed E-state index contributed by atoms with van der Waals surface area (Å²) < 4.78 is 16.2. The predicted octanol–water partition coefficient (Wildman–Crippen LogP) is 4.99. The van der Waals surface area contributed by atoms with E-state index < -0.39 is 5.82 Å². The highest BCUT2D eigenvalue weighted by molar-refractivity contribution is 6.32. The number of hydrogen-bond donors (Lipinski definition) is 1. The zero-order valence-corrected chi connectivity index (χ0v) is 19.3. The topological polar surface area (TPSA) is 63.1 Å². The molecule has 0 atom stereocenters. The lowest BCUT2D eigenvalue weighted by Gasteiger charge is -2.19. The van der Waals surface area contributed by atoms with Gasteiger partial charge in [0.1, 0.15) is 5.82 Å². The number of nitrogens with zero attached hydrogens (tertiary/aromatic N) is 4. The Labute approximate surface area is 196 Å². The summed E-state index contributed by atoms with van der Waals surface area (Å²) in [5.74, 6) is -0.0820. The number of nitrogens with one attached hydrogen (secondary N) is 1. The van der Waals surface area contributed by atoms with E-state index in [9.17, 15) is 9.18 Å². The quantitative estimate of drug-likeness (QED) is 0.397. The molecule has 0 aliphatic rings. The predicted molar refractivity (Wildman–Crippen MR) is 132 cm³/mol. The van der Waals surface area contributed by atoms with Crippen LogP contribution >= 0.6 is 11.6 Å². The molecule has 6 nitrogen and oxygen atoms in total. The first-order chi connectivity index (χ1) is 16.0. The number of hydrogen-bond acceptors (Lipinski definition) is 5. The fourth-order valence-corrected chi connectivity index (χ4v) is 4.00. The summed E-state index contributed by atoms with van der Waals surface area (Å²) in [4.78, 5) is 24.5. The Bertz CT molecular complexity index is 1340. The number of likely N-dealkylation sites (N-methyl/N-ethyl adjacent to an activating group) is 1. The molecule has 2 heterocycles. The summed E-state index contributed by atoms with van der Waals surface area (Å²) in [7, 11) is 0. The smallest absolute Gasteiger partial charge is 0.256 e. The molecular weight excluding hydrogens is 441 g/mol. The van der Waals surface area contributed by atoms with E-state index in [1.165, 1.54) is 16.7 Å². The van der Waals surface area contributed by atoms with Gasteiger partial charge in [-0.2, -0.15) is 4.98 Å². The molecule has 0 unspecified atom stereocenters. The Morgan fingerprint density at radius 3 is 2.45 bits per heavy atom. The lowest BCUT2D eigenvalue weighted by Crippen LogP contribution is -2.29. The monoisotopic (exact) mass is 465 g/mol. The largest absolute Gasteiger partial charge is 0.353 e. The number of fused-ring (bicyclic) bond motifs is 1. The molecule has 33 heavy (non-hydrogen) atoms. The molecule has 0 saturated carbocycles. The summed E-state index contributed by atoms with van der Waals surface area (Å²) in [5, 5.41) is 4.20. The molecule has 0 saturated heterocycles. The zero-order chi connectivity index (χ0) is 23.4. The summed E-state index contributed by atoms with van der Waals surface area (Å²) in [6.45, 7) is 7.48. The van der Waals surface area contributed by atoms with Crippen LogP contribution in [0.3, 0.4) is 0 Å². The van der Waals surface area contributed by atoms with Crippen LogP contribution in [0.15, 0.2) is 65.5 Å². The maximum atomic E-state index is 14.8. The molecule has 170 valence electrons. The van der Waals surface area contributed by atoms with Crippen molar-refractivity contribution in [3.63, 3.8) is 0 Å². The minimum atomic E-state index is -0.401. The van der Waals surface area contributed by atoms with Gasteiger partial charge >= 0.3 is 0 Å². The van der Waals surface area contributed by atoms with Crippen molar-refractivity contribution < 1.29 is 4.39 Å². The second-order valence-electron chi connectivity index (χ2n) is 7.53. The van der Waals surface area contributed by atoms with Crippen LogP contribution in [0.2, 0.25) is 5.02 Å². The fraction of sp³-hybridized carbons (Fsp3) is 0.240. The SMILES string of the molecule is CCN(CC)CCNc1nc(-c2ccccc2F)c2ccc(=O)n(-c3ccccc3Cl)c2n1. The summed E-state index contributed by atoms with van der Waals surface area (Å²) >= 11 is 6.42. The Morgan fingerprint density at radius 2 is 1.73 bits per heavy atom. The van der Waals surface area contributed by atoms with E-state index in [4.69, 9.17) is 11.6 Å². The Hall–Kier alpha value is -3.29. The third kappa shape index (κ3) is 4.74. The summed E-state index contributed by atoms with van der Waals surface area (Å²) in [6.07, 6.45) is 0. The van der Waals surface area contributed by atoms with Crippen LogP contribution in [0.1, 0.15) is 13.8 Å². The molecular formula is C25H25ClFN5O. The van der Waals surface area contributed by atoms with Crippen LogP contribution in [0.5, 0.6) is 0 Å². The lowest BCUT2D eigenvalue weighted by molar-refractivity contribution is 0.316. The van der Waals surface area contributed by atoms with Gasteiger partial charge < -0.3 is 10.2 Å². The van der Waals surface area contributed by atoms with Crippen LogP contribution in [-0.4, -0.2) is 45.6 Å². The molecule has 0 spiro atoms. The van der Waals surface area contributed by atoms with Crippen molar-refractivity contribution in [3.8, 4) is 16.9 Å². The number of halogens is 2. The molecule has 0 amide bonds. The van der Waals surface area contributed by atoms with E-state index in [2.05, 4.69) is 34.0 Å². The first-order valence-electron chi connectivity index (χ1n) is 10.9. The second kappa shape index (κ2) is 10.1. The normalized spacial score (nSPS) is 11.3. The van der Waals surface area contributed by atoms with Gasteiger partial charge in [-0.1, -0.05) is 49.7 Å². The molecule has 1 N–H and O–H groups in total. The molecule has 0 radical (unpaired) electrons. The molecule has 0 fully saturated rings. The van der Waals surface area contributed by atoms with Gasteiger partial charge in [0.2, 0.25) is 5.95 Å². The highest BCUT2D eigenvalue weighted by Gasteiger charge is 2.18. The Morgan fingerprint density at radius 1 is 1.00 bits per heavy atom. The van der Waals surface area contributed by atoms with Gasteiger partial charge in [-0.15, -0.1) is 0 Å². The number of anilines is 1. The standard InChI is InChI=1S/C25H25ClFN5O/c1-3-31(4-2)16-15-28-25-29-23(17-9-5-7-11-20(17)27)18-13-14-22(33)32(24(18)30-25)21-12-8-6-10-19(21)26/h5-14H,3-4,15-16H2,1-2H3,(H,28,29,30). The number of rotatable bonds is 8. The zero-order valence-electron chi connectivity index (χ0n) is 18.6. The third-order valence-corrected chi connectivity index (χ3v) is 5.90. The highest BCUT2D eigenvalue weighted by atomic mass is 35.5. The van der Waals surface area contributed by atoms with Gasteiger partial charge in [-0.3, -0.25) is 9.36 Å². The van der Waals surface area contributed by atoms with Gasteiger partial charge in [-0.25, -0.2) is 9.37 Å². The Kier molecular flexibility index (Phi) is 7.01. The van der Waals surface area contributed by atoms with E-state index in [0.29, 0.717) is 45.5 Å². The minimum Gasteiger partial charge on any atom is -0.353 e. The van der Waals surface area contributed by atoms with Gasteiger partial charge in [0, 0.05) is 30.1 Å². The number of benzene rings is 2.